The second-order valence-electron chi connectivity index (χ2n) is 3.14. The van der Waals surface area contributed by atoms with Gasteiger partial charge in [-0.1, -0.05) is 13.8 Å². The molecule has 1 aliphatic rings. The summed E-state index contributed by atoms with van der Waals surface area (Å²) in [6, 6.07) is 0. The fourth-order valence-corrected chi connectivity index (χ4v) is 1.78. The van der Waals surface area contributed by atoms with Crippen LogP contribution in [0, 0.1) is 0 Å². The molecule has 1 heterocycles. The molecule has 0 bridgehead atoms. The molecule has 1 atom stereocenters. The van der Waals surface area contributed by atoms with Gasteiger partial charge in [-0.05, 0) is 12.8 Å². The van der Waals surface area contributed by atoms with Gasteiger partial charge in [0.25, 0.3) is 0 Å². The van der Waals surface area contributed by atoms with Gasteiger partial charge in [-0.3, -0.25) is 0 Å². The van der Waals surface area contributed by atoms with Crippen LogP contribution in [0.15, 0.2) is 11.9 Å². The third-order valence-corrected chi connectivity index (χ3v) is 2.45. The van der Waals surface area contributed by atoms with Crippen molar-refractivity contribution in [1.29, 1.82) is 0 Å². The molecule has 64 valence electrons. The highest BCUT2D eigenvalue weighted by Gasteiger charge is 2.23. The van der Waals surface area contributed by atoms with Crippen LogP contribution >= 0.6 is 0 Å². The minimum Gasteiger partial charge on any atom is -0.359 e. The summed E-state index contributed by atoms with van der Waals surface area (Å²) < 4.78 is 0. The maximum atomic E-state index is 2.36. The van der Waals surface area contributed by atoms with Crippen molar-refractivity contribution in [3.05, 3.63) is 11.9 Å². The highest BCUT2D eigenvalue weighted by molar-refractivity contribution is 5.07. The predicted octanol–water partition coefficient (Wildman–Crippen LogP) is 1.85. The van der Waals surface area contributed by atoms with E-state index in [2.05, 4.69) is 43.9 Å². The fourth-order valence-electron chi connectivity index (χ4n) is 1.78. The Bertz CT molecular complexity index is 163. The van der Waals surface area contributed by atoms with Crippen LogP contribution in [0.2, 0.25) is 0 Å². The first-order chi connectivity index (χ1) is 5.20. The fraction of sp³-hybridized carbons (Fsp3) is 0.778. The van der Waals surface area contributed by atoms with Gasteiger partial charge in [-0.25, -0.2) is 0 Å². The van der Waals surface area contributed by atoms with Crippen LogP contribution in [-0.4, -0.2) is 30.1 Å². The second-order valence-corrected chi connectivity index (χ2v) is 3.14. The number of nitrogens with zero attached hydrogens (tertiary/aromatic N) is 2. The van der Waals surface area contributed by atoms with Gasteiger partial charge in [0, 0.05) is 26.0 Å². The van der Waals surface area contributed by atoms with Crippen LogP contribution in [0.4, 0.5) is 0 Å². The van der Waals surface area contributed by atoms with E-state index in [-0.39, 0.29) is 0 Å². The SMILES string of the molecule is CCC1=CN(C)C(CC)N1C. The predicted molar refractivity (Wildman–Crippen MR) is 48.0 cm³/mol. The van der Waals surface area contributed by atoms with Crippen molar-refractivity contribution in [3.8, 4) is 0 Å². The molecule has 0 saturated heterocycles. The van der Waals surface area contributed by atoms with Gasteiger partial charge in [0.05, 0.1) is 6.17 Å². The molecule has 0 saturated carbocycles. The minimum absolute atomic E-state index is 0.588. The molecular weight excluding hydrogens is 136 g/mol. The lowest BCUT2D eigenvalue weighted by molar-refractivity contribution is 0.188. The van der Waals surface area contributed by atoms with Crippen molar-refractivity contribution < 1.29 is 0 Å². The van der Waals surface area contributed by atoms with Crippen LogP contribution in [0.3, 0.4) is 0 Å². The molecule has 11 heavy (non-hydrogen) atoms. The first-order valence-corrected chi connectivity index (χ1v) is 4.36. The summed E-state index contributed by atoms with van der Waals surface area (Å²) in [7, 11) is 4.32. The average Bonchev–Trinajstić information content (AvgIpc) is 2.26. The average molecular weight is 154 g/mol. The van der Waals surface area contributed by atoms with Crippen molar-refractivity contribution in [2.75, 3.05) is 14.1 Å². The van der Waals surface area contributed by atoms with Gasteiger partial charge < -0.3 is 9.80 Å². The molecule has 0 spiro atoms. The lowest BCUT2D eigenvalue weighted by Crippen LogP contribution is -2.34. The molecule has 2 nitrogen and oxygen atoms in total. The van der Waals surface area contributed by atoms with E-state index < -0.39 is 0 Å². The molecule has 0 aromatic heterocycles. The molecule has 0 aliphatic carbocycles. The van der Waals surface area contributed by atoms with Crippen LogP contribution in [-0.2, 0) is 0 Å². The van der Waals surface area contributed by atoms with Crippen molar-refractivity contribution in [1.82, 2.24) is 9.80 Å². The zero-order valence-electron chi connectivity index (χ0n) is 7.96. The number of allylic oxidation sites excluding steroid dienone is 1. The van der Waals surface area contributed by atoms with Crippen molar-refractivity contribution >= 4 is 0 Å². The number of rotatable bonds is 2. The molecule has 1 unspecified atom stereocenters. The van der Waals surface area contributed by atoms with E-state index in [9.17, 15) is 0 Å². The summed E-state index contributed by atoms with van der Waals surface area (Å²) in [6.45, 7) is 4.43. The largest absolute Gasteiger partial charge is 0.359 e. The quantitative estimate of drug-likeness (QED) is 0.599. The first kappa shape index (κ1) is 8.44. The maximum absolute atomic E-state index is 2.36. The van der Waals surface area contributed by atoms with Gasteiger partial charge in [-0.15, -0.1) is 0 Å². The maximum Gasteiger partial charge on any atom is 0.1000 e. The Morgan fingerprint density at radius 3 is 2.27 bits per heavy atom. The Kier molecular flexibility index (Phi) is 2.42. The third-order valence-electron chi connectivity index (χ3n) is 2.45. The second kappa shape index (κ2) is 3.16. The molecule has 0 aromatic rings. The highest BCUT2D eigenvalue weighted by atomic mass is 15.4. The monoisotopic (exact) mass is 154 g/mol. The van der Waals surface area contributed by atoms with E-state index in [1.165, 1.54) is 12.1 Å². The Morgan fingerprint density at radius 2 is 2.00 bits per heavy atom. The summed E-state index contributed by atoms with van der Waals surface area (Å²) in [5, 5.41) is 0. The van der Waals surface area contributed by atoms with Gasteiger partial charge in [0.2, 0.25) is 0 Å². The zero-order chi connectivity index (χ0) is 8.43. The van der Waals surface area contributed by atoms with E-state index in [4.69, 9.17) is 0 Å². The summed E-state index contributed by atoms with van der Waals surface area (Å²) in [4.78, 5) is 4.65. The van der Waals surface area contributed by atoms with E-state index in [1.807, 2.05) is 0 Å². The third kappa shape index (κ3) is 1.35. The van der Waals surface area contributed by atoms with E-state index in [1.54, 1.807) is 0 Å². The van der Waals surface area contributed by atoms with E-state index in [0.717, 1.165) is 6.42 Å². The molecule has 2 heteroatoms. The van der Waals surface area contributed by atoms with E-state index >= 15 is 0 Å². The van der Waals surface area contributed by atoms with Crippen molar-refractivity contribution in [2.45, 2.75) is 32.9 Å². The lowest BCUT2D eigenvalue weighted by atomic mass is 10.3. The minimum atomic E-state index is 0.588. The summed E-state index contributed by atoms with van der Waals surface area (Å²) in [5.74, 6) is 0. The van der Waals surface area contributed by atoms with Gasteiger partial charge in [-0.2, -0.15) is 0 Å². The van der Waals surface area contributed by atoms with Gasteiger partial charge in [0.1, 0.15) is 0 Å². The molecule has 1 rings (SSSR count). The van der Waals surface area contributed by atoms with Crippen LogP contribution in [0.25, 0.3) is 0 Å². The van der Waals surface area contributed by atoms with Gasteiger partial charge >= 0.3 is 0 Å². The topological polar surface area (TPSA) is 6.48 Å². The Balaban J connectivity index is 2.67. The number of hydrogen-bond acceptors (Lipinski definition) is 2. The summed E-state index contributed by atoms with van der Waals surface area (Å²) in [6.07, 6.45) is 5.16. The van der Waals surface area contributed by atoms with Crippen LogP contribution in [0.1, 0.15) is 26.7 Å². The summed E-state index contributed by atoms with van der Waals surface area (Å²) >= 11 is 0. The normalized spacial score (nSPS) is 24.4. The zero-order valence-corrected chi connectivity index (χ0v) is 7.96. The van der Waals surface area contributed by atoms with Crippen molar-refractivity contribution in [2.24, 2.45) is 0 Å². The molecule has 0 aromatic carbocycles. The van der Waals surface area contributed by atoms with Crippen LogP contribution in [0.5, 0.6) is 0 Å². The standard InChI is InChI=1S/C9H18N2/c1-5-8-7-10(3)9(6-2)11(8)4/h7,9H,5-6H2,1-4H3. The molecule has 0 amide bonds. The number of hydrogen-bond donors (Lipinski definition) is 0. The highest BCUT2D eigenvalue weighted by Crippen LogP contribution is 2.22. The summed E-state index contributed by atoms with van der Waals surface area (Å²) in [5.41, 5.74) is 1.44. The molecule has 1 aliphatic heterocycles. The molecule has 0 N–H and O–H groups in total. The van der Waals surface area contributed by atoms with Crippen molar-refractivity contribution in [3.63, 3.8) is 0 Å². The first-order valence-electron chi connectivity index (χ1n) is 4.36. The van der Waals surface area contributed by atoms with E-state index in [0.29, 0.717) is 6.17 Å². The van der Waals surface area contributed by atoms with Gasteiger partial charge in [0.15, 0.2) is 0 Å². The molecular formula is C9H18N2. The molecule has 0 radical (unpaired) electrons. The molecule has 0 fully saturated rings. The Morgan fingerprint density at radius 1 is 1.36 bits per heavy atom. The van der Waals surface area contributed by atoms with Crippen LogP contribution < -0.4 is 0 Å². The smallest absolute Gasteiger partial charge is 0.1000 e. The Labute approximate surface area is 69.5 Å². The Hall–Kier alpha value is -0.660. The lowest BCUT2D eigenvalue weighted by Gasteiger charge is -2.27.